The van der Waals surface area contributed by atoms with E-state index in [9.17, 15) is 0 Å². The third kappa shape index (κ3) is 4.57. The summed E-state index contributed by atoms with van der Waals surface area (Å²) in [4.78, 5) is 0. The molecule has 1 aromatic rings. The van der Waals surface area contributed by atoms with E-state index in [2.05, 4.69) is 31.3 Å². The number of nitrogens with one attached hydrogen (secondary N) is 1. The molecule has 1 unspecified atom stereocenters. The molecule has 1 N–H and O–H groups in total. The lowest BCUT2D eigenvalue weighted by Gasteiger charge is -2.13. The maximum atomic E-state index is 5.71. The highest BCUT2D eigenvalue weighted by atomic mass is 16.5. The molecule has 18 heavy (non-hydrogen) atoms. The Kier molecular flexibility index (Phi) is 6.58. The van der Waals surface area contributed by atoms with Gasteiger partial charge >= 0.3 is 0 Å². The van der Waals surface area contributed by atoms with Crippen molar-refractivity contribution in [2.45, 2.75) is 39.2 Å². The lowest BCUT2D eigenvalue weighted by Crippen LogP contribution is -2.21. The van der Waals surface area contributed by atoms with Gasteiger partial charge in [0.15, 0.2) is 11.5 Å². The second-order valence-electron chi connectivity index (χ2n) is 4.56. The van der Waals surface area contributed by atoms with Gasteiger partial charge in [0.2, 0.25) is 0 Å². The zero-order valence-electron chi connectivity index (χ0n) is 12.0. The largest absolute Gasteiger partial charge is 0.493 e. The fourth-order valence-electron chi connectivity index (χ4n) is 1.73. The molecule has 0 fully saturated rings. The molecular weight excluding hydrogens is 226 g/mol. The number of methoxy groups -OCH3 is 1. The summed E-state index contributed by atoms with van der Waals surface area (Å²) in [5.74, 6) is 1.67. The summed E-state index contributed by atoms with van der Waals surface area (Å²) in [5.41, 5.74) is 1.30. The minimum Gasteiger partial charge on any atom is -0.493 e. The van der Waals surface area contributed by atoms with Crippen LogP contribution in [0.2, 0.25) is 0 Å². The second kappa shape index (κ2) is 7.98. The van der Waals surface area contributed by atoms with Crippen LogP contribution in [0.3, 0.4) is 0 Å². The average molecular weight is 251 g/mol. The van der Waals surface area contributed by atoms with Gasteiger partial charge in [0.1, 0.15) is 0 Å². The molecule has 0 amide bonds. The van der Waals surface area contributed by atoms with Crippen LogP contribution in [0.25, 0.3) is 0 Å². The first kappa shape index (κ1) is 14.8. The molecule has 0 aromatic heterocycles. The summed E-state index contributed by atoms with van der Waals surface area (Å²) in [6.07, 6.45) is 3.18. The second-order valence-corrected chi connectivity index (χ2v) is 4.56. The van der Waals surface area contributed by atoms with Gasteiger partial charge < -0.3 is 14.8 Å². The minimum absolute atomic E-state index is 0.534. The summed E-state index contributed by atoms with van der Waals surface area (Å²) < 4.78 is 11.0. The SMILES string of the molecule is CCCOc1cc(CCC(C)NC)ccc1OC. The predicted molar refractivity (Wildman–Crippen MR) is 75.6 cm³/mol. The van der Waals surface area contributed by atoms with Gasteiger partial charge in [0.25, 0.3) is 0 Å². The molecule has 3 heteroatoms. The van der Waals surface area contributed by atoms with Crippen molar-refractivity contribution in [1.82, 2.24) is 5.32 Å². The standard InChI is InChI=1S/C15H25NO2/c1-5-10-18-15-11-13(7-6-12(2)16-3)8-9-14(15)17-4/h8-9,11-12,16H,5-7,10H2,1-4H3. The van der Waals surface area contributed by atoms with Crippen LogP contribution in [0.1, 0.15) is 32.3 Å². The summed E-state index contributed by atoms with van der Waals surface area (Å²) in [5, 5.41) is 3.25. The number of aryl methyl sites for hydroxylation is 1. The third-order valence-electron chi connectivity index (χ3n) is 3.05. The van der Waals surface area contributed by atoms with Gasteiger partial charge in [-0.15, -0.1) is 0 Å². The van der Waals surface area contributed by atoms with Gasteiger partial charge in [-0.2, -0.15) is 0 Å². The Bertz CT molecular complexity index is 352. The molecule has 0 saturated heterocycles. The van der Waals surface area contributed by atoms with E-state index in [-0.39, 0.29) is 0 Å². The molecule has 0 aliphatic carbocycles. The lowest BCUT2D eigenvalue weighted by atomic mass is 10.1. The van der Waals surface area contributed by atoms with Crippen molar-refractivity contribution in [2.24, 2.45) is 0 Å². The van der Waals surface area contributed by atoms with Crippen molar-refractivity contribution in [1.29, 1.82) is 0 Å². The molecule has 0 saturated carbocycles. The minimum atomic E-state index is 0.534. The summed E-state index contributed by atoms with van der Waals surface area (Å²) in [6.45, 7) is 5.02. The number of ether oxygens (including phenoxy) is 2. The normalized spacial score (nSPS) is 12.2. The van der Waals surface area contributed by atoms with Crippen LogP contribution in [-0.4, -0.2) is 26.8 Å². The zero-order chi connectivity index (χ0) is 13.4. The van der Waals surface area contributed by atoms with Crippen LogP contribution in [0.5, 0.6) is 11.5 Å². The maximum absolute atomic E-state index is 5.71. The third-order valence-corrected chi connectivity index (χ3v) is 3.05. The highest BCUT2D eigenvalue weighted by Crippen LogP contribution is 2.28. The van der Waals surface area contributed by atoms with E-state index in [0.29, 0.717) is 6.04 Å². The van der Waals surface area contributed by atoms with E-state index in [1.807, 2.05) is 13.1 Å². The monoisotopic (exact) mass is 251 g/mol. The number of hydrogen-bond acceptors (Lipinski definition) is 3. The van der Waals surface area contributed by atoms with Gasteiger partial charge in [-0.25, -0.2) is 0 Å². The first-order valence-electron chi connectivity index (χ1n) is 6.68. The van der Waals surface area contributed by atoms with Crippen molar-refractivity contribution < 1.29 is 9.47 Å². The van der Waals surface area contributed by atoms with E-state index in [1.54, 1.807) is 7.11 Å². The first-order chi connectivity index (χ1) is 8.71. The Balaban J connectivity index is 2.69. The van der Waals surface area contributed by atoms with Gasteiger partial charge in [0.05, 0.1) is 13.7 Å². The fourth-order valence-corrected chi connectivity index (χ4v) is 1.73. The Morgan fingerprint density at radius 1 is 1.28 bits per heavy atom. The quantitative estimate of drug-likeness (QED) is 0.770. The lowest BCUT2D eigenvalue weighted by molar-refractivity contribution is 0.294. The molecular formula is C15H25NO2. The van der Waals surface area contributed by atoms with Crippen LogP contribution in [0, 0.1) is 0 Å². The number of hydrogen-bond donors (Lipinski definition) is 1. The van der Waals surface area contributed by atoms with Crippen LogP contribution < -0.4 is 14.8 Å². The Labute approximate surface area is 110 Å². The van der Waals surface area contributed by atoms with Crippen LogP contribution in [-0.2, 0) is 6.42 Å². The number of rotatable bonds is 8. The van der Waals surface area contributed by atoms with Crippen molar-refractivity contribution in [3.05, 3.63) is 23.8 Å². The summed E-state index contributed by atoms with van der Waals surface area (Å²) in [6, 6.07) is 6.73. The molecule has 0 spiro atoms. The molecule has 1 aromatic carbocycles. The summed E-state index contributed by atoms with van der Waals surface area (Å²) >= 11 is 0. The predicted octanol–water partition coefficient (Wildman–Crippen LogP) is 3.02. The molecule has 3 nitrogen and oxygen atoms in total. The molecule has 0 aliphatic rings. The van der Waals surface area contributed by atoms with Gasteiger partial charge in [-0.3, -0.25) is 0 Å². The van der Waals surface area contributed by atoms with Gasteiger partial charge in [-0.1, -0.05) is 13.0 Å². The van der Waals surface area contributed by atoms with E-state index in [0.717, 1.165) is 37.4 Å². The van der Waals surface area contributed by atoms with E-state index in [4.69, 9.17) is 9.47 Å². The molecule has 0 heterocycles. The molecule has 1 atom stereocenters. The summed E-state index contributed by atoms with van der Waals surface area (Å²) in [7, 11) is 3.67. The van der Waals surface area contributed by atoms with Crippen LogP contribution in [0.4, 0.5) is 0 Å². The molecule has 0 radical (unpaired) electrons. The van der Waals surface area contributed by atoms with Crippen molar-refractivity contribution in [3.63, 3.8) is 0 Å². The van der Waals surface area contributed by atoms with E-state index < -0.39 is 0 Å². The van der Waals surface area contributed by atoms with Gasteiger partial charge in [-0.05, 0) is 50.9 Å². The van der Waals surface area contributed by atoms with Crippen molar-refractivity contribution >= 4 is 0 Å². The molecule has 102 valence electrons. The maximum Gasteiger partial charge on any atom is 0.161 e. The molecule has 1 rings (SSSR count). The Morgan fingerprint density at radius 2 is 2.06 bits per heavy atom. The average Bonchev–Trinajstić information content (AvgIpc) is 2.42. The van der Waals surface area contributed by atoms with Gasteiger partial charge in [0, 0.05) is 6.04 Å². The topological polar surface area (TPSA) is 30.5 Å². The Morgan fingerprint density at radius 3 is 2.67 bits per heavy atom. The van der Waals surface area contributed by atoms with Crippen molar-refractivity contribution in [2.75, 3.05) is 20.8 Å². The Hall–Kier alpha value is -1.22. The smallest absolute Gasteiger partial charge is 0.161 e. The van der Waals surface area contributed by atoms with Crippen LogP contribution >= 0.6 is 0 Å². The van der Waals surface area contributed by atoms with Crippen LogP contribution in [0.15, 0.2) is 18.2 Å². The van der Waals surface area contributed by atoms with E-state index >= 15 is 0 Å². The molecule has 0 bridgehead atoms. The van der Waals surface area contributed by atoms with E-state index in [1.165, 1.54) is 5.56 Å². The number of benzene rings is 1. The molecule has 0 aliphatic heterocycles. The zero-order valence-corrected chi connectivity index (χ0v) is 12.0. The van der Waals surface area contributed by atoms with Crippen molar-refractivity contribution in [3.8, 4) is 11.5 Å². The highest BCUT2D eigenvalue weighted by Gasteiger charge is 2.06. The fraction of sp³-hybridized carbons (Fsp3) is 0.600. The first-order valence-corrected chi connectivity index (χ1v) is 6.68. The highest BCUT2D eigenvalue weighted by molar-refractivity contribution is 5.43.